The molecular formula is C29H34O6. The molecule has 1 heterocycles. The van der Waals surface area contributed by atoms with Crippen molar-refractivity contribution in [1.29, 1.82) is 0 Å². The van der Waals surface area contributed by atoms with E-state index < -0.39 is 36.1 Å². The maximum Gasteiger partial charge on any atom is 0.193 e. The first kappa shape index (κ1) is 23.3. The topological polar surface area (TPSA) is 93.1 Å². The van der Waals surface area contributed by atoms with Crippen LogP contribution < -0.4 is 0 Å². The number of benzene rings is 1. The van der Waals surface area contributed by atoms with Gasteiger partial charge >= 0.3 is 0 Å². The predicted molar refractivity (Wildman–Crippen MR) is 128 cm³/mol. The number of rotatable bonds is 4. The van der Waals surface area contributed by atoms with E-state index >= 15 is 0 Å². The number of hydrogen-bond donors (Lipinski definition) is 2. The molecule has 0 spiro atoms. The number of hydrogen-bond acceptors (Lipinski definition) is 6. The summed E-state index contributed by atoms with van der Waals surface area (Å²) in [7, 11) is 0. The van der Waals surface area contributed by atoms with Gasteiger partial charge in [0.25, 0.3) is 0 Å². The van der Waals surface area contributed by atoms with Gasteiger partial charge in [-0.05, 0) is 55.2 Å². The lowest BCUT2D eigenvalue weighted by Gasteiger charge is -2.59. The van der Waals surface area contributed by atoms with E-state index in [4.69, 9.17) is 9.47 Å². The standard InChI is InChI=1S/C29H34O6/c1-27-11-10-19(31)13-18(27)8-9-20-21-14-24-29(23(33)16-30,28(21,2)15-22(32)26(20)27)35-25(34-24)12-17-6-4-3-5-7-17/h3-7,10-11,13,20-22,24-26,30,32H,8-9,12,14-16H2,1-2H3/t20-,21-,22-,24+,25?,26+,27-,28-,29+/m0/s1. The van der Waals surface area contributed by atoms with Crippen molar-refractivity contribution in [2.45, 2.75) is 70.1 Å². The van der Waals surface area contributed by atoms with Crippen LogP contribution in [0.3, 0.4) is 0 Å². The SMILES string of the molecule is C[C@]12C=CC(=O)C=C1CC[C@@H]1[C@@H]2[C@@H](O)C[C@@]2(C)[C@H]1C[C@H]1OC(Cc3ccccc3)O[C@]12C(=O)CO. The second-order valence-corrected chi connectivity index (χ2v) is 11.6. The van der Waals surface area contributed by atoms with Gasteiger partial charge in [0, 0.05) is 23.2 Å². The molecule has 4 fully saturated rings. The second kappa shape index (κ2) is 7.94. The molecule has 0 amide bonds. The summed E-state index contributed by atoms with van der Waals surface area (Å²) in [6.07, 6.45) is 6.92. The fraction of sp³-hybridized carbons (Fsp3) is 0.586. The third-order valence-corrected chi connectivity index (χ3v) is 10.1. The van der Waals surface area contributed by atoms with Crippen LogP contribution in [0.15, 0.2) is 54.1 Å². The van der Waals surface area contributed by atoms with Gasteiger partial charge < -0.3 is 19.7 Å². The predicted octanol–water partition coefficient (Wildman–Crippen LogP) is 3.16. The van der Waals surface area contributed by atoms with Gasteiger partial charge in [-0.3, -0.25) is 9.59 Å². The maximum atomic E-state index is 13.5. The molecule has 0 bridgehead atoms. The van der Waals surface area contributed by atoms with Gasteiger partial charge in [0.15, 0.2) is 23.5 Å². The molecule has 1 saturated heterocycles. The zero-order valence-corrected chi connectivity index (χ0v) is 20.4. The Morgan fingerprint density at radius 3 is 2.71 bits per heavy atom. The molecule has 6 rings (SSSR count). The molecule has 5 aliphatic rings. The number of aliphatic hydroxyl groups excluding tert-OH is 2. The van der Waals surface area contributed by atoms with E-state index in [0.29, 0.717) is 19.3 Å². The van der Waals surface area contributed by atoms with Crippen molar-refractivity contribution in [3.05, 3.63) is 59.7 Å². The molecule has 1 aromatic carbocycles. The summed E-state index contributed by atoms with van der Waals surface area (Å²) in [5.74, 6) is -0.0965. The van der Waals surface area contributed by atoms with Crippen molar-refractivity contribution in [3.8, 4) is 0 Å². The first-order chi connectivity index (χ1) is 16.7. The van der Waals surface area contributed by atoms with E-state index in [9.17, 15) is 19.8 Å². The number of aliphatic hydroxyl groups is 2. The van der Waals surface area contributed by atoms with Gasteiger partial charge in [0.2, 0.25) is 0 Å². The van der Waals surface area contributed by atoms with Gasteiger partial charge in [0.05, 0.1) is 12.2 Å². The minimum atomic E-state index is -1.27. The first-order valence-electron chi connectivity index (χ1n) is 12.9. The lowest BCUT2D eigenvalue weighted by Crippen LogP contribution is -2.63. The maximum absolute atomic E-state index is 13.5. The van der Waals surface area contributed by atoms with E-state index in [-0.39, 0.29) is 34.7 Å². The van der Waals surface area contributed by atoms with Gasteiger partial charge in [-0.15, -0.1) is 0 Å². The normalized spacial score (nSPS) is 45.8. The molecule has 9 atom stereocenters. The summed E-state index contributed by atoms with van der Waals surface area (Å²) in [4.78, 5) is 25.5. The second-order valence-electron chi connectivity index (χ2n) is 11.6. The number of Topliss-reactive ketones (excluding diaryl/α,β-unsaturated/α-hetero) is 1. The Kier molecular flexibility index (Phi) is 5.28. The summed E-state index contributed by atoms with van der Waals surface area (Å²) >= 11 is 0. The molecule has 1 unspecified atom stereocenters. The Labute approximate surface area is 206 Å². The number of ether oxygens (including phenoxy) is 2. The van der Waals surface area contributed by atoms with E-state index in [1.165, 1.54) is 0 Å². The Morgan fingerprint density at radius 2 is 1.97 bits per heavy atom. The van der Waals surface area contributed by atoms with Crippen LogP contribution in [0.25, 0.3) is 0 Å². The average molecular weight is 479 g/mol. The van der Waals surface area contributed by atoms with E-state index in [1.54, 1.807) is 12.2 Å². The molecule has 0 aromatic heterocycles. The Balaban J connectivity index is 1.36. The van der Waals surface area contributed by atoms with Crippen LogP contribution in [0.4, 0.5) is 0 Å². The van der Waals surface area contributed by atoms with E-state index in [1.807, 2.05) is 36.4 Å². The van der Waals surface area contributed by atoms with Gasteiger partial charge in [-0.2, -0.15) is 0 Å². The summed E-state index contributed by atoms with van der Waals surface area (Å²) in [5, 5.41) is 21.7. The lowest BCUT2D eigenvalue weighted by molar-refractivity contribution is -0.199. The van der Waals surface area contributed by atoms with Crippen LogP contribution in [0.1, 0.15) is 45.1 Å². The highest BCUT2D eigenvalue weighted by Crippen LogP contribution is 2.69. The number of fused-ring (bicyclic) bond motifs is 7. The van der Waals surface area contributed by atoms with Gasteiger partial charge in [0.1, 0.15) is 6.61 Å². The van der Waals surface area contributed by atoms with Gasteiger partial charge in [-0.1, -0.05) is 55.8 Å². The quantitative estimate of drug-likeness (QED) is 0.691. The molecule has 3 saturated carbocycles. The van der Waals surface area contributed by atoms with Crippen molar-refractivity contribution < 1.29 is 29.3 Å². The third-order valence-electron chi connectivity index (χ3n) is 10.1. The van der Waals surface area contributed by atoms with Crippen molar-refractivity contribution in [1.82, 2.24) is 0 Å². The molecule has 2 N–H and O–H groups in total. The van der Waals surface area contributed by atoms with Crippen LogP contribution in [-0.4, -0.2) is 52.5 Å². The molecular weight excluding hydrogens is 444 g/mol. The highest BCUT2D eigenvalue weighted by atomic mass is 16.7. The smallest absolute Gasteiger partial charge is 0.193 e. The number of carbonyl (C=O) groups is 2. The zero-order chi connectivity index (χ0) is 24.6. The van der Waals surface area contributed by atoms with E-state index in [0.717, 1.165) is 24.0 Å². The molecule has 1 aliphatic heterocycles. The molecule has 186 valence electrons. The molecule has 35 heavy (non-hydrogen) atoms. The summed E-state index contributed by atoms with van der Waals surface area (Å²) in [6.45, 7) is 3.59. The summed E-state index contributed by atoms with van der Waals surface area (Å²) < 4.78 is 13.0. The Bertz CT molecular complexity index is 1110. The highest BCUT2D eigenvalue weighted by Gasteiger charge is 2.75. The molecule has 6 heteroatoms. The third kappa shape index (κ3) is 3.10. The number of ketones is 2. The minimum absolute atomic E-state index is 0.0141. The summed E-state index contributed by atoms with van der Waals surface area (Å²) in [6, 6.07) is 9.91. The van der Waals surface area contributed by atoms with E-state index in [2.05, 4.69) is 13.8 Å². The number of allylic oxidation sites excluding steroid dienone is 4. The molecule has 0 radical (unpaired) electrons. The fourth-order valence-electron chi connectivity index (χ4n) is 8.66. The van der Waals surface area contributed by atoms with Crippen molar-refractivity contribution >= 4 is 11.6 Å². The molecule has 4 aliphatic carbocycles. The van der Waals surface area contributed by atoms with Crippen LogP contribution >= 0.6 is 0 Å². The first-order valence-corrected chi connectivity index (χ1v) is 12.9. The lowest BCUT2D eigenvalue weighted by atomic mass is 9.46. The van der Waals surface area contributed by atoms with Crippen LogP contribution in [-0.2, 0) is 25.5 Å². The summed E-state index contributed by atoms with van der Waals surface area (Å²) in [5.41, 5.74) is -0.139. The monoisotopic (exact) mass is 478 g/mol. The van der Waals surface area contributed by atoms with Crippen LogP contribution in [0.5, 0.6) is 0 Å². The van der Waals surface area contributed by atoms with Crippen molar-refractivity contribution in [3.63, 3.8) is 0 Å². The Hall–Kier alpha value is -2.12. The van der Waals surface area contributed by atoms with Crippen LogP contribution in [0, 0.1) is 28.6 Å². The van der Waals surface area contributed by atoms with Gasteiger partial charge in [-0.25, -0.2) is 0 Å². The highest BCUT2D eigenvalue weighted by molar-refractivity contribution is 6.01. The number of carbonyl (C=O) groups excluding carboxylic acids is 2. The fourth-order valence-corrected chi connectivity index (χ4v) is 8.66. The van der Waals surface area contributed by atoms with Crippen LogP contribution in [0.2, 0.25) is 0 Å². The molecule has 6 nitrogen and oxygen atoms in total. The molecule has 1 aromatic rings. The minimum Gasteiger partial charge on any atom is -0.393 e. The van der Waals surface area contributed by atoms with Crippen molar-refractivity contribution in [2.24, 2.45) is 28.6 Å². The zero-order valence-electron chi connectivity index (χ0n) is 20.4. The van der Waals surface area contributed by atoms with Crippen molar-refractivity contribution in [2.75, 3.05) is 6.61 Å². The largest absolute Gasteiger partial charge is 0.393 e. The average Bonchev–Trinajstić information content (AvgIpc) is 3.31. The Morgan fingerprint density at radius 1 is 1.20 bits per heavy atom.